The van der Waals surface area contributed by atoms with E-state index >= 15 is 0 Å². The molecule has 3 heteroatoms. The van der Waals surface area contributed by atoms with Gasteiger partial charge in [0, 0.05) is 17.4 Å². The summed E-state index contributed by atoms with van der Waals surface area (Å²) in [4.78, 5) is 0. The quantitative estimate of drug-likeness (QED) is 0.783. The summed E-state index contributed by atoms with van der Waals surface area (Å²) in [5.74, 6) is 1.42. The van der Waals surface area contributed by atoms with Gasteiger partial charge in [0.25, 0.3) is 0 Å². The van der Waals surface area contributed by atoms with Crippen LogP contribution in [0.25, 0.3) is 11.3 Å². The van der Waals surface area contributed by atoms with E-state index in [2.05, 4.69) is 49.8 Å². The minimum absolute atomic E-state index is 0.606. The molecular formula is C12H13NOS. The van der Waals surface area contributed by atoms with Crippen LogP contribution in [0.2, 0.25) is 0 Å². The van der Waals surface area contributed by atoms with E-state index in [1.165, 1.54) is 11.1 Å². The Morgan fingerprint density at radius 3 is 2.67 bits per heavy atom. The molecule has 0 N–H and O–H groups in total. The molecule has 1 heterocycles. The van der Waals surface area contributed by atoms with Gasteiger partial charge in [-0.3, -0.25) is 0 Å². The van der Waals surface area contributed by atoms with Crippen LogP contribution in [0.5, 0.6) is 0 Å². The Bertz CT molecular complexity index is 476. The second-order valence-corrected chi connectivity index (χ2v) is 3.98. The van der Waals surface area contributed by atoms with Crippen molar-refractivity contribution < 1.29 is 4.52 Å². The number of aryl methyl sites for hydroxylation is 2. The van der Waals surface area contributed by atoms with Crippen molar-refractivity contribution in [3.8, 4) is 11.3 Å². The van der Waals surface area contributed by atoms with Gasteiger partial charge in [0.05, 0.1) is 5.69 Å². The van der Waals surface area contributed by atoms with Crippen molar-refractivity contribution in [1.82, 2.24) is 5.16 Å². The molecule has 2 rings (SSSR count). The lowest BCUT2D eigenvalue weighted by Crippen LogP contribution is -1.82. The lowest BCUT2D eigenvalue weighted by atomic mass is 10.0. The summed E-state index contributed by atoms with van der Waals surface area (Å²) in [5, 5.41) is 3.92. The van der Waals surface area contributed by atoms with E-state index < -0.39 is 0 Å². The van der Waals surface area contributed by atoms with E-state index in [0.29, 0.717) is 5.75 Å². The van der Waals surface area contributed by atoms with Gasteiger partial charge in [-0.2, -0.15) is 12.6 Å². The molecule has 0 fully saturated rings. The van der Waals surface area contributed by atoms with Crippen molar-refractivity contribution in [3.63, 3.8) is 0 Å². The van der Waals surface area contributed by atoms with Crippen LogP contribution in [0, 0.1) is 13.8 Å². The topological polar surface area (TPSA) is 26.0 Å². The van der Waals surface area contributed by atoms with Crippen LogP contribution in [-0.4, -0.2) is 5.16 Å². The largest absolute Gasteiger partial charge is 0.356 e. The number of hydrogen-bond donors (Lipinski definition) is 1. The molecule has 2 nitrogen and oxygen atoms in total. The Hall–Kier alpha value is -1.22. The summed E-state index contributed by atoms with van der Waals surface area (Å²) in [7, 11) is 0. The van der Waals surface area contributed by atoms with Crippen molar-refractivity contribution in [2.75, 3.05) is 0 Å². The van der Waals surface area contributed by atoms with Crippen molar-refractivity contribution >= 4 is 12.6 Å². The Morgan fingerprint density at radius 1 is 1.27 bits per heavy atom. The van der Waals surface area contributed by atoms with E-state index in [9.17, 15) is 0 Å². The summed E-state index contributed by atoms with van der Waals surface area (Å²) in [5.41, 5.74) is 4.43. The van der Waals surface area contributed by atoms with Gasteiger partial charge in [-0.25, -0.2) is 0 Å². The SMILES string of the molecule is Cc1ccc(-c2cc(CS)no2)c(C)c1. The van der Waals surface area contributed by atoms with Gasteiger partial charge >= 0.3 is 0 Å². The van der Waals surface area contributed by atoms with Crippen LogP contribution >= 0.6 is 12.6 Å². The van der Waals surface area contributed by atoms with Gasteiger partial charge in [0.1, 0.15) is 0 Å². The molecule has 2 aromatic rings. The fraction of sp³-hybridized carbons (Fsp3) is 0.250. The highest BCUT2D eigenvalue weighted by Crippen LogP contribution is 2.25. The van der Waals surface area contributed by atoms with Gasteiger partial charge in [-0.15, -0.1) is 0 Å². The maximum absolute atomic E-state index is 5.26. The van der Waals surface area contributed by atoms with Crippen molar-refractivity contribution in [1.29, 1.82) is 0 Å². The monoisotopic (exact) mass is 219 g/mol. The number of hydrogen-bond acceptors (Lipinski definition) is 3. The van der Waals surface area contributed by atoms with Crippen LogP contribution in [0.15, 0.2) is 28.8 Å². The fourth-order valence-corrected chi connectivity index (χ4v) is 1.75. The molecule has 0 atom stereocenters. The highest BCUT2D eigenvalue weighted by atomic mass is 32.1. The Labute approximate surface area is 94.7 Å². The van der Waals surface area contributed by atoms with Gasteiger partial charge in [-0.1, -0.05) is 28.9 Å². The molecule has 0 saturated heterocycles. The number of rotatable bonds is 2. The zero-order chi connectivity index (χ0) is 10.8. The fourth-order valence-electron chi connectivity index (χ4n) is 1.60. The van der Waals surface area contributed by atoms with Crippen molar-refractivity contribution in [2.24, 2.45) is 0 Å². The summed E-state index contributed by atoms with van der Waals surface area (Å²) in [6, 6.07) is 8.21. The average Bonchev–Trinajstić information content (AvgIpc) is 2.66. The van der Waals surface area contributed by atoms with Crippen LogP contribution in [-0.2, 0) is 5.75 Å². The van der Waals surface area contributed by atoms with Gasteiger partial charge in [-0.05, 0) is 19.4 Å². The smallest absolute Gasteiger partial charge is 0.167 e. The van der Waals surface area contributed by atoms with Crippen LogP contribution in [0.3, 0.4) is 0 Å². The van der Waals surface area contributed by atoms with Crippen LogP contribution < -0.4 is 0 Å². The summed E-state index contributed by atoms with van der Waals surface area (Å²) < 4.78 is 5.26. The second-order valence-electron chi connectivity index (χ2n) is 3.66. The summed E-state index contributed by atoms with van der Waals surface area (Å²) in [6.45, 7) is 4.15. The first-order valence-electron chi connectivity index (χ1n) is 4.85. The van der Waals surface area contributed by atoms with Crippen LogP contribution in [0.1, 0.15) is 16.8 Å². The standard InChI is InChI=1S/C12H13NOS/c1-8-3-4-11(9(2)5-8)12-6-10(7-15)13-14-12/h3-6,15H,7H2,1-2H3. The van der Waals surface area contributed by atoms with E-state index in [1.807, 2.05) is 6.07 Å². The molecule has 0 unspecified atom stereocenters. The molecule has 0 bridgehead atoms. The minimum atomic E-state index is 0.606. The van der Waals surface area contributed by atoms with E-state index in [0.717, 1.165) is 17.0 Å². The minimum Gasteiger partial charge on any atom is -0.356 e. The highest BCUT2D eigenvalue weighted by molar-refractivity contribution is 7.79. The molecule has 1 aromatic carbocycles. The first-order valence-corrected chi connectivity index (χ1v) is 5.48. The second kappa shape index (κ2) is 4.11. The molecule has 0 aliphatic rings. The molecule has 0 aliphatic heterocycles. The zero-order valence-electron chi connectivity index (χ0n) is 8.82. The number of aromatic nitrogens is 1. The lowest BCUT2D eigenvalue weighted by Gasteiger charge is -2.01. The zero-order valence-corrected chi connectivity index (χ0v) is 9.71. The lowest BCUT2D eigenvalue weighted by molar-refractivity contribution is 0.426. The average molecular weight is 219 g/mol. The van der Waals surface area contributed by atoms with E-state index in [4.69, 9.17) is 4.52 Å². The van der Waals surface area contributed by atoms with Crippen LogP contribution in [0.4, 0.5) is 0 Å². The van der Waals surface area contributed by atoms with Crippen molar-refractivity contribution in [3.05, 3.63) is 41.1 Å². The third-order valence-corrected chi connectivity index (χ3v) is 2.69. The van der Waals surface area contributed by atoms with E-state index in [-0.39, 0.29) is 0 Å². The number of thiol groups is 1. The van der Waals surface area contributed by atoms with E-state index in [1.54, 1.807) is 0 Å². The predicted octanol–water partition coefficient (Wildman–Crippen LogP) is 3.39. The Balaban J connectivity index is 2.44. The molecule has 0 aliphatic carbocycles. The van der Waals surface area contributed by atoms with Gasteiger partial charge in [0.15, 0.2) is 5.76 Å². The van der Waals surface area contributed by atoms with Gasteiger partial charge in [0.2, 0.25) is 0 Å². The molecule has 0 radical (unpaired) electrons. The number of benzene rings is 1. The molecule has 78 valence electrons. The molecule has 15 heavy (non-hydrogen) atoms. The molecule has 0 saturated carbocycles. The third-order valence-electron chi connectivity index (χ3n) is 2.37. The maximum atomic E-state index is 5.26. The first kappa shape index (κ1) is 10.3. The summed E-state index contributed by atoms with van der Waals surface area (Å²) in [6.07, 6.45) is 0. The molecular weight excluding hydrogens is 206 g/mol. The molecule has 0 amide bonds. The highest BCUT2D eigenvalue weighted by Gasteiger charge is 2.08. The molecule has 1 aromatic heterocycles. The first-order chi connectivity index (χ1) is 7.20. The predicted molar refractivity (Wildman–Crippen MR) is 64.1 cm³/mol. The normalized spacial score (nSPS) is 10.6. The summed E-state index contributed by atoms with van der Waals surface area (Å²) >= 11 is 4.16. The maximum Gasteiger partial charge on any atom is 0.167 e. The van der Waals surface area contributed by atoms with Gasteiger partial charge < -0.3 is 4.52 Å². The van der Waals surface area contributed by atoms with Crippen molar-refractivity contribution in [2.45, 2.75) is 19.6 Å². The third kappa shape index (κ3) is 2.07. The molecule has 0 spiro atoms. The Kier molecular flexibility index (Phi) is 2.82. The number of nitrogens with zero attached hydrogens (tertiary/aromatic N) is 1. The Morgan fingerprint density at radius 2 is 2.07 bits per heavy atom.